The Bertz CT molecular complexity index is 1910. The first-order chi connectivity index (χ1) is 26.6. The Labute approximate surface area is 330 Å². The van der Waals surface area contributed by atoms with Gasteiger partial charge in [0.05, 0.1) is 19.5 Å². The summed E-state index contributed by atoms with van der Waals surface area (Å²) < 4.78 is 62.1. The van der Waals surface area contributed by atoms with Crippen LogP contribution < -0.4 is 16.4 Å². The molecule has 2 unspecified atom stereocenters. The van der Waals surface area contributed by atoms with Gasteiger partial charge in [0, 0.05) is 37.1 Å². The number of fused-ring (bicyclic) bond motifs is 1. The number of aliphatic hydroxyl groups excluding tert-OH is 2. The highest BCUT2D eigenvalue weighted by atomic mass is 32.2. The molecule has 0 aromatic carbocycles. The van der Waals surface area contributed by atoms with Crippen LogP contribution in [0.5, 0.6) is 0 Å². The van der Waals surface area contributed by atoms with Crippen molar-refractivity contribution >= 4 is 69.1 Å². The van der Waals surface area contributed by atoms with E-state index in [0.29, 0.717) is 5.75 Å². The Balaban J connectivity index is 1.46. The van der Waals surface area contributed by atoms with Crippen molar-refractivity contribution in [2.45, 2.75) is 70.7 Å². The molecule has 320 valence electrons. The number of nitrogen functional groups attached to an aromatic ring is 1. The zero-order valence-electron chi connectivity index (χ0n) is 30.8. The molecule has 2 amide bonds. The number of nitrogens with one attached hydrogen (secondary N) is 2. The highest BCUT2D eigenvalue weighted by Gasteiger charge is 2.50. The third kappa shape index (κ3) is 15.6. The van der Waals surface area contributed by atoms with Gasteiger partial charge in [-0.15, -0.1) is 0 Å². The second kappa shape index (κ2) is 21.3. The number of allylic oxidation sites excluding steroid dienone is 4. The van der Waals surface area contributed by atoms with E-state index < -0.39 is 84.6 Å². The largest absolute Gasteiger partial charge is 0.481 e. The molecule has 2 aromatic rings. The number of aromatic nitrogens is 4. The monoisotopic (exact) mass is 889 g/mol. The fraction of sp³-hybridized carbons (Fsp3) is 0.586. The van der Waals surface area contributed by atoms with Crippen molar-refractivity contribution in [2.24, 2.45) is 5.41 Å². The number of aliphatic hydroxyl groups is 2. The lowest BCUT2D eigenvalue weighted by atomic mass is 9.87. The molecule has 10 N–H and O–H groups in total. The average Bonchev–Trinajstić information content (AvgIpc) is 3.68. The molecule has 3 heterocycles. The molecule has 0 aliphatic carbocycles. The molecule has 0 bridgehead atoms. The van der Waals surface area contributed by atoms with Crippen LogP contribution >= 0.6 is 35.2 Å². The standard InChI is InChI=1S/C29H46N7O17P3S/c1-4-5-6-7-8-9-20(38)57-13-12-31-19(37)10-11-32-27(41)24(40)29(2,3)15-50-56(47,48)53-55(45,46)49-14-18-23(52-54(42,43)44)22(39)28(51-18)36-17-35-21-25(30)33-16-34-26(21)36/h5-8,16-18,22-24,28,39-40H,4,9-15H2,1-3H3,(H,31,37)(H,32,41)(H,45,46)(H,47,48)(H2,30,33,34)(H2,42,43,44)/b6-5-,8-7+/t18-,22-,23-,24+,28-/m1/s1. The zero-order valence-corrected chi connectivity index (χ0v) is 34.3. The number of imidazole rings is 1. The number of phosphoric acid groups is 3. The van der Waals surface area contributed by atoms with Gasteiger partial charge < -0.3 is 50.9 Å². The van der Waals surface area contributed by atoms with E-state index in [9.17, 15) is 57.9 Å². The van der Waals surface area contributed by atoms with Crippen LogP contribution in [0, 0.1) is 5.41 Å². The van der Waals surface area contributed by atoms with Crippen LogP contribution in [0.3, 0.4) is 0 Å². The molecule has 1 aliphatic heterocycles. The summed E-state index contributed by atoms with van der Waals surface area (Å²) in [5, 5.41) is 26.3. The molecule has 0 saturated carbocycles. The van der Waals surface area contributed by atoms with E-state index in [-0.39, 0.29) is 48.0 Å². The van der Waals surface area contributed by atoms with Gasteiger partial charge in [0.2, 0.25) is 11.8 Å². The second-order valence-corrected chi connectivity index (χ2v) is 18.1. The summed E-state index contributed by atoms with van der Waals surface area (Å²) in [7, 11) is -16.4. The molecule has 2 aromatic heterocycles. The molecule has 3 rings (SSSR count). The number of hydrogen-bond acceptors (Lipinski definition) is 18. The summed E-state index contributed by atoms with van der Waals surface area (Å²) in [6.07, 6.45) is 1.51. The summed E-state index contributed by atoms with van der Waals surface area (Å²) in [4.78, 5) is 87.5. The van der Waals surface area contributed by atoms with Crippen LogP contribution in [0.15, 0.2) is 37.0 Å². The van der Waals surface area contributed by atoms with Gasteiger partial charge in [-0.2, -0.15) is 4.31 Å². The molecule has 24 nitrogen and oxygen atoms in total. The topological polar surface area (TPSA) is 364 Å². The lowest BCUT2D eigenvalue weighted by molar-refractivity contribution is -0.137. The first-order valence-corrected chi connectivity index (χ1v) is 22.4. The Kier molecular flexibility index (Phi) is 18.1. The van der Waals surface area contributed by atoms with E-state index >= 15 is 0 Å². The van der Waals surface area contributed by atoms with E-state index in [1.807, 2.05) is 19.1 Å². The SMILES string of the molecule is CC/C=C\C=C\CC(=O)SCCNC(=O)CCNC(=O)[C@H](O)C(C)(C)COP(=O)(O)OP(=O)(O)OC[C@H]1O[C@@H](n2cnc3c(N)ncnc32)[C@H](O)[C@@H]1OP(=O)(O)O. The highest BCUT2D eigenvalue weighted by molar-refractivity contribution is 8.13. The first kappa shape index (κ1) is 48.4. The normalized spacial score (nSPS) is 21.8. The first-order valence-electron chi connectivity index (χ1n) is 16.9. The van der Waals surface area contributed by atoms with Crippen molar-refractivity contribution in [1.82, 2.24) is 30.2 Å². The predicted octanol–water partition coefficient (Wildman–Crippen LogP) is 0.577. The van der Waals surface area contributed by atoms with Crippen LogP contribution in [0.2, 0.25) is 0 Å². The molecule has 57 heavy (non-hydrogen) atoms. The predicted molar refractivity (Wildman–Crippen MR) is 200 cm³/mol. The minimum Gasteiger partial charge on any atom is -0.386 e. The van der Waals surface area contributed by atoms with Gasteiger partial charge in [0.1, 0.15) is 36.3 Å². The third-order valence-corrected chi connectivity index (χ3v) is 11.7. The van der Waals surface area contributed by atoms with E-state index in [4.69, 9.17) is 19.5 Å². The number of carbonyl (C=O) groups is 3. The lowest BCUT2D eigenvalue weighted by Crippen LogP contribution is -2.46. The van der Waals surface area contributed by atoms with Gasteiger partial charge in [-0.05, 0) is 6.42 Å². The zero-order chi connectivity index (χ0) is 42.6. The van der Waals surface area contributed by atoms with Gasteiger partial charge in [-0.3, -0.25) is 32.5 Å². The number of hydrogen-bond donors (Lipinski definition) is 9. The number of nitrogens with zero attached hydrogens (tertiary/aromatic N) is 4. The van der Waals surface area contributed by atoms with Gasteiger partial charge in [-0.1, -0.05) is 56.8 Å². The maximum atomic E-state index is 12.7. The van der Waals surface area contributed by atoms with Crippen molar-refractivity contribution in [2.75, 3.05) is 37.8 Å². The smallest absolute Gasteiger partial charge is 0.386 e. The van der Waals surface area contributed by atoms with Gasteiger partial charge in [0.25, 0.3) is 0 Å². The van der Waals surface area contributed by atoms with E-state index in [1.165, 1.54) is 13.8 Å². The number of phosphoric ester groups is 3. The Morgan fingerprint density at radius 1 is 1.05 bits per heavy atom. The van der Waals surface area contributed by atoms with Crippen molar-refractivity contribution in [3.05, 3.63) is 37.0 Å². The third-order valence-electron chi connectivity index (χ3n) is 7.67. The molecule has 7 atom stereocenters. The number of carbonyl (C=O) groups excluding carboxylic acids is 3. The maximum absolute atomic E-state index is 12.7. The van der Waals surface area contributed by atoms with Gasteiger partial charge >= 0.3 is 23.5 Å². The van der Waals surface area contributed by atoms with E-state index in [1.54, 1.807) is 12.2 Å². The number of ether oxygens (including phenoxy) is 1. The highest BCUT2D eigenvalue weighted by Crippen LogP contribution is 2.61. The Morgan fingerprint density at radius 3 is 2.42 bits per heavy atom. The van der Waals surface area contributed by atoms with Gasteiger partial charge in [-0.25, -0.2) is 28.6 Å². The number of rotatable bonds is 23. The fourth-order valence-electron chi connectivity index (χ4n) is 4.81. The number of nitrogens with two attached hydrogens (primary N) is 1. The minimum absolute atomic E-state index is 0.0298. The van der Waals surface area contributed by atoms with E-state index in [2.05, 4.69) is 34.4 Å². The molecule has 1 saturated heterocycles. The summed E-state index contributed by atoms with van der Waals surface area (Å²) in [6.45, 7) is 2.47. The molecule has 0 spiro atoms. The average molecular weight is 890 g/mol. The lowest BCUT2D eigenvalue weighted by Gasteiger charge is -2.30. The van der Waals surface area contributed by atoms with Crippen molar-refractivity contribution < 1.29 is 80.5 Å². The summed E-state index contributed by atoms with van der Waals surface area (Å²) in [5.74, 6) is -1.12. The van der Waals surface area contributed by atoms with Crippen molar-refractivity contribution in [3.8, 4) is 0 Å². The summed E-state index contributed by atoms with van der Waals surface area (Å²) in [5.41, 5.74) is 4.26. The number of anilines is 1. The van der Waals surface area contributed by atoms with E-state index in [0.717, 1.165) is 35.4 Å². The van der Waals surface area contributed by atoms with Crippen molar-refractivity contribution in [1.29, 1.82) is 0 Å². The molecule has 1 aliphatic rings. The maximum Gasteiger partial charge on any atom is 0.481 e. The Morgan fingerprint density at radius 2 is 1.74 bits per heavy atom. The van der Waals surface area contributed by atoms with Crippen LogP contribution in [0.25, 0.3) is 11.2 Å². The quantitative estimate of drug-likeness (QED) is 0.0418. The summed E-state index contributed by atoms with van der Waals surface area (Å²) >= 11 is 1.06. The molecule has 1 fully saturated rings. The van der Waals surface area contributed by atoms with Crippen LogP contribution in [0.1, 0.15) is 46.3 Å². The molecule has 28 heteroatoms. The minimum atomic E-state index is -5.57. The molecular weight excluding hydrogens is 843 g/mol. The molecule has 0 radical (unpaired) electrons. The Hall–Kier alpha value is -2.96. The van der Waals surface area contributed by atoms with Crippen LogP contribution in [-0.2, 0) is 50.7 Å². The van der Waals surface area contributed by atoms with Gasteiger partial charge in [0.15, 0.2) is 22.8 Å². The number of thioether (sulfide) groups is 1. The molecular formula is C29H46N7O17P3S. The number of amides is 2. The second-order valence-electron chi connectivity index (χ2n) is 12.8. The van der Waals surface area contributed by atoms with Crippen LogP contribution in [-0.4, -0.2) is 123 Å². The van der Waals surface area contributed by atoms with Crippen molar-refractivity contribution in [3.63, 3.8) is 0 Å². The fourth-order valence-corrected chi connectivity index (χ4v) is 8.29. The van der Waals surface area contributed by atoms with Crippen LogP contribution in [0.4, 0.5) is 5.82 Å². The summed E-state index contributed by atoms with van der Waals surface area (Å²) in [6, 6.07) is 0.